The Labute approximate surface area is 246 Å². The summed E-state index contributed by atoms with van der Waals surface area (Å²) in [6.07, 6.45) is -9.43. The summed E-state index contributed by atoms with van der Waals surface area (Å²) in [4.78, 5) is 35.9. The maximum absolute atomic E-state index is 13.7. The van der Waals surface area contributed by atoms with E-state index in [1.165, 1.54) is 28.8 Å². The molecule has 2 atom stereocenters. The maximum atomic E-state index is 13.7. The smallest absolute Gasteiger partial charge is 0.412 e. The largest absolute Gasteiger partial charge is 0.444 e. The summed E-state index contributed by atoms with van der Waals surface area (Å²) >= 11 is 0. The summed E-state index contributed by atoms with van der Waals surface area (Å²) in [5.41, 5.74) is -3.48. The molecule has 0 bridgehead atoms. The molecule has 1 aliphatic heterocycles. The number of alkyl halides is 6. The summed E-state index contributed by atoms with van der Waals surface area (Å²) in [6, 6.07) is 0.646. The number of Topliss-reactive ketones (excluding diaryl/α,β-unsaturated/α-hetero) is 1. The number of carbonyl (C=O) groups is 2. The van der Waals surface area contributed by atoms with E-state index in [2.05, 4.69) is 9.97 Å². The fraction of sp³-hybridized carbons (Fsp3) is 0.724. The molecule has 0 spiro atoms. The Balaban J connectivity index is 1.49. The van der Waals surface area contributed by atoms with Crippen molar-refractivity contribution in [3.63, 3.8) is 0 Å². The zero-order chi connectivity index (χ0) is 32.2. The third-order valence-electron chi connectivity index (χ3n) is 8.23. The van der Waals surface area contributed by atoms with Crippen molar-refractivity contribution in [2.24, 2.45) is 13.0 Å². The third-order valence-corrected chi connectivity index (χ3v) is 8.23. The van der Waals surface area contributed by atoms with Crippen molar-refractivity contribution in [3.8, 4) is 0 Å². The Morgan fingerprint density at radius 2 is 1.77 bits per heavy atom. The zero-order valence-corrected chi connectivity index (χ0v) is 25.2. The molecule has 0 N–H and O–H groups in total. The maximum Gasteiger partial charge on any atom is 0.412 e. The normalized spacial score (nSPS) is 20.8. The van der Waals surface area contributed by atoms with Crippen molar-refractivity contribution < 1.29 is 45.4 Å². The van der Waals surface area contributed by atoms with Gasteiger partial charge in [-0.15, -0.1) is 0 Å². The molecule has 14 heteroatoms. The standard InChI is InChI=1S/C29H38F6N4O4/c1-25(2,3)43-24(41)39-20(16-42-26(39,4)5)17(10-11-28(30,31)32)8-7-9-21(40)19-15-36-18-14-22(38(6)23(18)37-19)27(12-13-27)29(33,34)35/h14-15,17,20H,7-13,16H2,1-6H3/t17-,20-/m0/s1. The van der Waals surface area contributed by atoms with Crippen molar-refractivity contribution in [1.29, 1.82) is 0 Å². The Hall–Kier alpha value is -2.90. The van der Waals surface area contributed by atoms with E-state index in [9.17, 15) is 35.9 Å². The molecule has 0 unspecified atom stereocenters. The molecule has 3 heterocycles. The Bertz CT molecular complexity index is 1360. The van der Waals surface area contributed by atoms with Crippen molar-refractivity contribution in [3.05, 3.63) is 23.7 Å². The van der Waals surface area contributed by atoms with Gasteiger partial charge in [0.1, 0.15) is 28.0 Å². The predicted octanol–water partition coefficient (Wildman–Crippen LogP) is 7.25. The number of rotatable bonds is 9. The van der Waals surface area contributed by atoms with Crippen LogP contribution in [-0.2, 0) is 21.9 Å². The number of aromatic nitrogens is 3. The molecule has 2 aromatic rings. The molecule has 43 heavy (non-hydrogen) atoms. The van der Waals surface area contributed by atoms with Gasteiger partial charge in [-0.05, 0) is 78.7 Å². The van der Waals surface area contributed by atoms with Gasteiger partial charge in [0, 0.05) is 25.6 Å². The molecule has 1 saturated heterocycles. The van der Waals surface area contributed by atoms with Gasteiger partial charge in [0.2, 0.25) is 0 Å². The molecular formula is C29H38F6N4O4. The van der Waals surface area contributed by atoms with Crippen molar-refractivity contribution in [2.45, 2.75) is 115 Å². The second-order valence-corrected chi connectivity index (χ2v) is 13.0. The van der Waals surface area contributed by atoms with Crippen LogP contribution in [0.2, 0.25) is 0 Å². The second-order valence-electron chi connectivity index (χ2n) is 13.0. The van der Waals surface area contributed by atoms with Gasteiger partial charge in [0.25, 0.3) is 0 Å². The number of ether oxygens (including phenoxy) is 2. The fourth-order valence-electron chi connectivity index (χ4n) is 5.86. The first-order valence-corrected chi connectivity index (χ1v) is 14.3. The van der Waals surface area contributed by atoms with E-state index in [4.69, 9.17) is 9.47 Å². The number of hydrogen-bond donors (Lipinski definition) is 0. The zero-order valence-electron chi connectivity index (χ0n) is 25.2. The Kier molecular flexibility index (Phi) is 8.62. The van der Waals surface area contributed by atoms with E-state index in [-0.39, 0.29) is 67.7 Å². The summed E-state index contributed by atoms with van der Waals surface area (Å²) in [5.74, 6) is -1.08. The SMILES string of the molecule is Cn1c(C2(C(F)(F)F)CC2)cc2ncc(C(=O)CCC[C@@H](CCC(F)(F)F)[C@@H]3COC(C)(C)N3C(=O)OC(C)(C)C)nc21. The lowest BCUT2D eigenvalue weighted by Crippen LogP contribution is -2.52. The van der Waals surface area contributed by atoms with Crippen LogP contribution in [0.3, 0.4) is 0 Å². The number of fused-ring (bicyclic) bond motifs is 1. The molecule has 1 aliphatic carbocycles. The van der Waals surface area contributed by atoms with Gasteiger partial charge >= 0.3 is 18.4 Å². The quantitative estimate of drug-likeness (QED) is 0.217. The minimum absolute atomic E-state index is 0.0140. The van der Waals surface area contributed by atoms with Crippen LogP contribution >= 0.6 is 0 Å². The average Bonchev–Trinajstić information content (AvgIpc) is 3.52. The van der Waals surface area contributed by atoms with Crippen molar-refractivity contribution in [1.82, 2.24) is 19.4 Å². The molecular weight excluding hydrogens is 582 g/mol. The highest BCUT2D eigenvalue weighted by Crippen LogP contribution is 2.59. The molecule has 1 amide bonds. The van der Waals surface area contributed by atoms with Gasteiger partial charge in [-0.2, -0.15) is 26.3 Å². The van der Waals surface area contributed by atoms with Crippen LogP contribution in [-0.4, -0.2) is 67.6 Å². The van der Waals surface area contributed by atoms with Crippen LogP contribution in [0.15, 0.2) is 12.3 Å². The number of halogens is 6. The molecule has 0 radical (unpaired) electrons. The van der Waals surface area contributed by atoms with E-state index < -0.39 is 59.4 Å². The third kappa shape index (κ3) is 7.09. The van der Waals surface area contributed by atoms with Gasteiger partial charge in [-0.3, -0.25) is 14.7 Å². The lowest BCUT2D eigenvalue weighted by molar-refractivity contribution is -0.162. The number of nitrogens with zero attached hydrogens (tertiary/aromatic N) is 4. The predicted molar refractivity (Wildman–Crippen MR) is 144 cm³/mol. The molecule has 2 fully saturated rings. The van der Waals surface area contributed by atoms with Crippen LogP contribution < -0.4 is 0 Å². The summed E-state index contributed by atoms with van der Waals surface area (Å²) in [6.45, 7) is 8.36. The van der Waals surface area contributed by atoms with Crippen molar-refractivity contribution >= 4 is 23.0 Å². The highest BCUT2D eigenvalue weighted by Gasteiger charge is 2.65. The average molecular weight is 621 g/mol. The highest BCUT2D eigenvalue weighted by atomic mass is 19.4. The number of aryl methyl sites for hydroxylation is 1. The Morgan fingerprint density at radius 1 is 1.12 bits per heavy atom. The lowest BCUT2D eigenvalue weighted by Gasteiger charge is -2.38. The number of amides is 1. The Morgan fingerprint density at radius 3 is 2.33 bits per heavy atom. The first-order chi connectivity index (χ1) is 19.7. The van der Waals surface area contributed by atoms with Gasteiger partial charge in [-0.25, -0.2) is 9.78 Å². The molecule has 0 aromatic carbocycles. The molecule has 4 rings (SSSR count). The summed E-state index contributed by atoms with van der Waals surface area (Å²) < 4.78 is 93.5. The van der Waals surface area contributed by atoms with Crippen LogP contribution in [0.1, 0.15) is 95.7 Å². The monoisotopic (exact) mass is 620 g/mol. The van der Waals surface area contributed by atoms with Crippen LogP contribution in [0.4, 0.5) is 31.1 Å². The molecule has 8 nitrogen and oxygen atoms in total. The molecule has 1 saturated carbocycles. The van der Waals surface area contributed by atoms with Gasteiger partial charge in [-0.1, -0.05) is 0 Å². The van der Waals surface area contributed by atoms with E-state index >= 15 is 0 Å². The van der Waals surface area contributed by atoms with E-state index in [1.54, 1.807) is 34.6 Å². The first-order valence-electron chi connectivity index (χ1n) is 14.3. The number of ketones is 1. The molecule has 2 aromatic heterocycles. The van der Waals surface area contributed by atoms with Gasteiger partial charge < -0.3 is 14.0 Å². The highest BCUT2D eigenvalue weighted by molar-refractivity contribution is 5.95. The molecule has 240 valence electrons. The minimum atomic E-state index is -4.42. The van der Waals surface area contributed by atoms with Crippen LogP contribution in [0, 0.1) is 5.92 Å². The topological polar surface area (TPSA) is 86.6 Å². The lowest BCUT2D eigenvalue weighted by atomic mass is 9.88. The van der Waals surface area contributed by atoms with Gasteiger partial charge in [0.05, 0.1) is 18.8 Å². The summed E-state index contributed by atoms with van der Waals surface area (Å²) in [7, 11) is 1.46. The van der Waals surface area contributed by atoms with Gasteiger partial charge in [0.15, 0.2) is 11.4 Å². The van der Waals surface area contributed by atoms with E-state index in [0.29, 0.717) is 0 Å². The van der Waals surface area contributed by atoms with E-state index in [1.807, 2.05) is 0 Å². The number of hydrogen-bond acceptors (Lipinski definition) is 6. The van der Waals surface area contributed by atoms with Crippen molar-refractivity contribution in [2.75, 3.05) is 6.61 Å². The number of carbonyl (C=O) groups excluding carboxylic acids is 2. The van der Waals surface area contributed by atoms with E-state index in [0.717, 1.165) is 0 Å². The second kappa shape index (κ2) is 11.2. The molecule has 2 aliphatic rings. The summed E-state index contributed by atoms with van der Waals surface area (Å²) in [5, 5.41) is 0. The van der Waals surface area contributed by atoms with Crippen LogP contribution in [0.25, 0.3) is 11.2 Å². The van der Waals surface area contributed by atoms with Crippen LogP contribution in [0.5, 0.6) is 0 Å². The minimum Gasteiger partial charge on any atom is -0.444 e. The fourth-order valence-corrected chi connectivity index (χ4v) is 5.86. The first kappa shape index (κ1) is 33.0.